The molecule has 1 aromatic carbocycles. The molecule has 370 valence electrons. The summed E-state index contributed by atoms with van der Waals surface area (Å²) >= 11 is 0. The van der Waals surface area contributed by atoms with Crippen LogP contribution in [0.4, 0.5) is 0 Å². The highest BCUT2D eigenvalue weighted by Crippen LogP contribution is 2.37. The molecule has 0 radical (unpaired) electrons. The zero-order valence-corrected chi connectivity index (χ0v) is 39.7. The van der Waals surface area contributed by atoms with Crippen molar-refractivity contribution in [2.24, 2.45) is 40.9 Å². The molecule has 0 spiro atoms. The molecular weight excluding hydrogens is 879 g/mol. The van der Waals surface area contributed by atoms with Crippen LogP contribution in [-0.4, -0.2) is 115 Å². The number of fused-ring (bicyclic) bond motifs is 1. The van der Waals surface area contributed by atoms with Crippen molar-refractivity contribution >= 4 is 64.2 Å². The number of phenols is 1. The molecule has 0 unspecified atom stereocenters. The van der Waals surface area contributed by atoms with E-state index < -0.39 is 94.7 Å². The first kappa shape index (κ1) is 54.3. The number of nitrogens with two attached hydrogens (primary N) is 3. The van der Waals surface area contributed by atoms with Gasteiger partial charge in [-0.1, -0.05) is 54.0 Å². The van der Waals surface area contributed by atoms with Crippen LogP contribution < -0.4 is 33.2 Å². The molecule has 3 heterocycles. The molecule has 12 N–H and O–H groups in total. The number of carbonyl (C=O) groups is 8. The van der Waals surface area contributed by atoms with E-state index in [9.17, 15) is 48.6 Å². The molecule has 68 heavy (non-hydrogen) atoms. The molecule has 3 aromatic rings. The fourth-order valence-corrected chi connectivity index (χ4v) is 8.01. The van der Waals surface area contributed by atoms with Crippen molar-refractivity contribution in [3.05, 3.63) is 66.2 Å². The number of rotatable bonds is 26. The van der Waals surface area contributed by atoms with Gasteiger partial charge < -0.3 is 57.6 Å². The van der Waals surface area contributed by atoms with Crippen LogP contribution >= 0.6 is 0 Å². The lowest BCUT2D eigenvalue weighted by Gasteiger charge is -2.39. The second-order valence-electron chi connectivity index (χ2n) is 18.4. The van der Waals surface area contributed by atoms with E-state index in [0.717, 1.165) is 17.2 Å². The molecule has 0 fully saturated rings. The second-order valence-corrected chi connectivity index (χ2v) is 18.4. The van der Waals surface area contributed by atoms with Crippen molar-refractivity contribution in [2.75, 3.05) is 6.54 Å². The number of amides is 4. The van der Waals surface area contributed by atoms with E-state index in [1.54, 1.807) is 33.0 Å². The number of Topliss-reactive ketones (excluding diaryl/α,β-unsaturated/α-hetero) is 3. The molecule has 1 aliphatic heterocycles. The molecule has 20 nitrogen and oxygen atoms in total. The Labute approximate surface area is 395 Å². The van der Waals surface area contributed by atoms with Gasteiger partial charge in [-0.25, -0.2) is 4.98 Å². The van der Waals surface area contributed by atoms with E-state index in [2.05, 4.69) is 25.9 Å². The minimum atomic E-state index is -2.38. The first-order valence-corrected chi connectivity index (χ1v) is 22.9. The highest BCUT2D eigenvalue weighted by atomic mass is 16.3. The van der Waals surface area contributed by atoms with Crippen LogP contribution in [0, 0.1) is 23.7 Å². The molecule has 0 aliphatic carbocycles. The number of aromatic hydroxyl groups is 1. The molecule has 4 amide bonds. The number of hydrogen-bond acceptors (Lipinski definition) is 15. The summed E-state index contributed by atoms with van der Waals surface area (Å²) < 4.78 is 5.47. The summed E-state index contributed by atoms with van der Waals surface area (Å²) in [6.07, 6.45) is 7.40. The van der Waals surface area contributed by atoms with Crippen LogP contribution in [-0.2, 0) is 44.8 Å². The lowest BCUT2D eigenvalue weighted by molar-refractivity contribution is -0.153. The average molecular weight is 946 g/mol. The standard InChI is InChI=1S/C48H67N9O11/c1-8-27(6)40(61)41(62)33-15-17-57(48(33,24-58)43(64)36(51)19-26(4)5)47(67)34(49)10-9-16-52-44(65)38(20-29-22-53-37-13-12-31(59)21-32(29)37)56-39(60)14-11-30-23-68-46(55-30)28(7)54-45(66)42(63)35(50)18-25(2)3/h11-15,17,21-28,33-36,38,40,53,59,61H,8-10,16,18-20,49-51H2,1-7H3,(H,52,65)(H,54,66)(H,56,60)/t27-,28-,33-,34+,35-,36+,38+,40-,48-/m1/s1. The number of nitrogens with one attached hydrogen (secondary N) is 4. The lowest BCUT2D eigenvalue weighted by Crippen LogP contribution is -2.66. The topological polar surface area (TPSA) is 336 Å². The fourth-order valence-electron chi connectivity index (χ4n) is 8.01. The van der Waals surface area contributed by atoms with Gasteiger partial charge in [0.15, 0.2) is 23.4 Å². The zero-order chi connectivity index (χ0) is 50.6. The molecule has 1 aliphatic rings. The Morgan fingerprint density at radius 2 is 1.65 bits per heavy atom. The van der Waals surface area contributed by atoms with Crippen molar-refractivity contribution in [3.8, 4) is 5.75 Å². The Balaban J connectivity index is 1.45. The van der Waals surface area contributed by atoms with Gasteiger partial charge in [0.05, 0.1) is 24.0 Å². The Hall–Kier alpha value is -6.35. The van der Waals surface area contributed by atoms with Crippen LogP contribution in [0.2, 0.25) is 0 Å². The van der Waals surface area contributed by atoms with Crippen LogP contribution in [0.15, 0.2) is 53.4 Å². The highest BCUT2D eigenvalue weighted by molar-refractivity contribution is 6.38. The minimum Gasteiger partial charge on any atom is -0.508 e. The number of aromatic amines is 1. The highest BCUT2D eigenvalue weighted by Gasteiger charge is 2.59. The predicted molar refractivity (Wildman–Crippen MR) is 252 cm³/mol. The maximum absolute atomic E-state index is 14.1. The average Bonchev–Trinajstić information content (AvgIpc) is 4.05. The molecular formula is C48H67N9O11. The first-order chi connectivity index (χ1) is 32.0. The van der Waals surface area contributed by atoms with Gasteiger partial charge in [0.1, 0.15) is 35.9 Å². The molecule has 0 saturated heterocycles. The van der Waals surface area contributed by atoms with Crippen molar-refractivity contribution in [1.29, 1.82) is 0 Å². The maximum Gasteiger partial charge on any atom is 0.289 e. The van der Waals surface area contributed by atoms with E-state index in [-0.39, 0.29) is 67.7 Å². The molecule has 0 saturated carbocycles. The number of aliphatic hydroxyl groups is 1. The third-order valence-corrected chi connectivity index (χ3v) is 12.0. The van der Waals surface area contributed by atoms with Crippen molar-refractivity contribution < 1.29 is 53.0 Å². The largest absolute Gasteiger partial charge is 0.508 e. The number of phenolic OH excluding ortho intramolecular Hbond substituents is 1. The Morgan fingerprint density at radius 3 is 2.29 bits per heavy atom. The molecule has 0 bridgehead atoms. The zero-order valence-electron chi connectivity index (χ0n) is 39.7. The number of ketones is 3. The number of aromatic nitrogens is 2. The fraction of sp³-hybridized carbons (Fsp3) is 0.521. The van der Waals surface area contributed by atoms with Crippen LogP contribution in [0.25, 0.3) is 17.0 Å². The summed E-state index contributed by atoms with van der Waals surface area (Å²) in [4.78, 5) is 115. The van der Waals surface area contributed by atoms with Crippen LogP contribution in [0.3, 0.4) is 0 Å². The summed E-state index contributed by atoms with van der Waals surface area (Å²) in [5.74, 6) is -7.41. The number of oxazole rings is 1. The number of hydrogen-bond donors (Lipinski definition) is 9. The summed E-state index contributed by atoms with van der Waals surface area (Å²) in [5, 5.41) is 29.6. The van der Waals surface area contributed by atoms with Gasteiger partial charge >= 0.3 is 0 Å². The van der Waals surface area contributed by atoms with Crippen LogP contribution in [0.1, 0.15) is 104 Å². The van der Waals surface area contributed by atoms with E-state index in [4.69, 9.17) is 21.6 Å². The van der Waals surface area contributed by atoms with Gasteiger partial charge in [0, 0.05) is 42.3 Å². The lowest BCUT2D eigenvalue weighted by atomic mass is 9.74. The van der Waals surface area contributed by atoms with Gasteiger partial charge in [0.25, 0.3) is 5.91 Å². The minimum absolute atomic E-state index is 0.0113. The second kappa shape index (κ2) is 24.1. The Kier molecular flexibility index (Phi) is 19.2. The number of aldehydes is 1. The third-order valence-electron chi connectivity index (χ3n) is 12.0. The normalized spacial score (nSPS) is 19.1. The summed E-state index contributed by atoms with van der Waals surface area (Å²) in [7, 11) is 0. The summed E-state index contributed by atoms with van der Waals surface area (Å²) in [5.41, 5.74) is 17.6. The summed E-state index contributed by atoms with van der Waals surface area (Å²) in [6, 6.07) is -0.803. The molecule has 4 rings (SSSR count). The van der Waals surface area contributed by atoms with Gasteiger partial charge in [-0.2, -0.15) is 0 Å². The Morgan fingerprint density at radius 1 is 0.971 bits per heavy atom. The van der Waals surface area contributed by atoms with Crippen LogP contribution in [0.5, 0.6) is 5.75 Å². The van der Waals surface area contributed by atoms with Crippen molar-refractivity contribution in [2.45, 2.75) is 129 Å². The number of H-pyrrole nitrogens is 1. The number of nitrogens with zero attached hydrogens (tertiary/aromatic N) is 2. The molecule has 2 aromatic heterocycles. The molecule has 9 atom stereocenters. The third kappa shape index (κ3) is 13.2. The SMILES string of the molecule is CC[C@@H](C)[C@@H](O)C(=O)[C@H]1C=CN(C(=O)[C@@H](N)CCCNC(=O)[C@H](Cc2c[nH]c3ccc(O)cc23)NC(=O)C=Cc2coc([C@@H](C)NC(=O)C(=O)[C@H](N)CC(C)C)n2)[C@@]1(C=O)C(=O)[C@@H](N)CC(C)C. The van der Waals surface area contributed by atoms with Gasteiger partial charge in [-0.05, 0) is 80.2 Å². The van der Waals surface area contributed by atoms with Crippen molar-refractivity contribution in [1.82, 2.24) is 30.8 Å². The number of aliphatic hydroxyl groups excluding tert-OH is 1. The van der Waals surface area contributed by atoms with Gasteiger partial charge in [0.2, 0.25) is 29.4 Å². The molecule has 20 heteroatoms. The smallest absolute Gasteiger partial charge is 0.289 e. The predicted octanol–water partition coefficient (Wildman–Crippen LogP) is 1.77. The Bertz CT molecular complexity index is 2370. The summed E-state index contributed by atoms with van der Waals surface area (Å²) in [6.45, 7) is 12.4. The number of carbonyl (C=O) groups excluding carboxylic acids is 8. The van der Waals surface area contributed by atoms with Gasteiger partial charge in [-0.3, -0.25) is 38.5 Å². The van der Waals surface area contributed by atoms with E-state index in [0.29, 0.717) is 29.3 Å². The quantitative estimate of drug-likeness (QED) is 0.0182. The van der Waals surface area contributed by atoms with E-state index in [1.165, 1.54) is 30.5 Å². The van der Waals surface area contributed by atoms with E-state index >= 15 is 0 Å². The maximum atomic E-state index is 14.1. The number of benzene rings is 1. The monoisotopic (exact) mass is 945 g/mol. The first-order valence-electron chi connectivity index (χ1n) is 22.9. The van der Waals surface area contributed by atoms with Crippen molar-refractivity contribution in [3.63, 3.8) is 0 Å². The van der Waals surface area contributed by atoms with Gasteiger partial charge in [-0.15, -0.1) is 0 Å². The van der Waals surface area contributed by atoms with E-state index in [1.807, 2.05) is 27.7 Å².